The molecule has 0 atom stereocenters. The maximum Gasteiger partial charge on any atom is 0.251 e. The maximum atomic E-state index is 11.8. The zero-order valence-corrected chi connectivity index (χ0v) is 11.3. The van der Waals surface area contributed by atoms with Gasteiger partial charge in [-0.1, -0.05) is 12.8 Å². The monoisotopic (exact) mass is 296 g/mol. The summed E-state index contributed by atoms with van der Waals surface area (Å²) in [7, 11) is 0. The third kappa shape index (κ3) is 3.73. The molecule has 2 rings (SSSR count). The van der Waals surface area contributed by atoms with Gasteiger partial charge in [0.15, 0.2) is 0 Å². The number of benzene rings is 1. The van der Waals surface area contributed by atoms with Crippen molar-refractivity contribution in [3.8, 4) is 0 Å². The second-order valence-corrected chi connectivity index (χ2v) is 5.43. The third-order valence-electron chi connectivity index (χ3n) is 3.03. The number of rotatable bonds is 5. The van der Waals surface area contributed by atoms with Crippen LogP contribution in [0.1, 0.15) is 36.0 Å². The van der Waals surface area contributed by atoms with Gasteiger partial charge in [-0.3, -0.25) is 4.79 Å². The molecule has 17 heavy (non-hydrogen) atoms. The van der Waals surface area contributed by atoms with Crippen LogP contribution in [0.3, 0.4) is 0 Å². The van der Waals surface area contributed by atoms with Crippen LogP contribution < -0.4 is 11.1 Å². The minimum Gasteiger partial charge on any atom is -0.398 e. The molecule has 1 aliphatic carbocycles. The van der Waals surface area contributed by atoms with Crippen molar-refractivity contribution in [3.05, 3.63) is 28.2 Å². The highest BCUT2D eigenvalue weighted by Gasteiger charge is 2.20. The van der Waals surface area contributed by atoms with Crippen molar-refractivity contribution >= 4 is 27.5 Å². The minimum atomic E-state index is -0.0417. The number of nitrogens with one attached hydrogen (secondary N) is 1. The Hall–Kier alpha value is -1.03. The molecule has 1 aromatic rings. The van der Waals surface area contributed by atoms with Crippen molar-refractivity contribution in [1.82, 2.24) is 5.32 Å². The zero-order chi connectivity index (χ0) is 12.3. The van der Waals surface area contributed by atoms with Gasteiger partial charge in [0.25, 0.3) is 5.91 Å². The van der Waals surface area contributed by atoms with E-state index in [1.165, 1.54) is 19.3 Å². The number of hydrogen-bond acceptors (Lipinski definition) is 2. The maximum absolute atomic E-state index is 11.8. The largest absolute Gasteiger partial charge is 0.398 e. The summed E-state index contributed by atoms with van der Waals surface area (Å²) in [6, 6.07) is 5.27. The van der Waals surface area contributed by atoms with Crippen molar-refractivity contribution in [3.63, 3.8) is 0 Å². The molecule has 0 unspecified atom stereocenters. The minimum absolute atomic E-state index is 0.0417. The van der Waals surface area contributed by atoms with Gasteiger partial charge in [-0.2, -0.15) is 0 Å². The SMILES string of the molecule is Nc1cc(C(=O)NCCCC2CC2)ccc1Br. The van der Waals surface area contributed by atoms with Crippen LogP contribution in [-0.2, 0) is 0 Å². The van der Waals surface area contributed by atoms with Crippen LogP contribution in [0.15, 0.2) is 22.7 Å². The lowest BCUT2D eigenvalue weighted by molar-refractivity contribution is 0.0953. The Morgan fingerprint density at radius 3 is 2.88 bits per heavy atom. The van der Waals surface area contributed by atoms with Crippen LogP contribution in [-0.4, -0.2) is 12.5 Å². The third-order valence-corrected chi connectivity index (χ3v) is 3.75. The first kappa shape index (κ1) is 12.4. The summed E-state index contributed by atoms with van der Waals surface area (Å²) < 4.78 is 0.822. The predicted octanol–water partition coefficient (Wildman–Crippen LogP) is 2.95. The van der Waals surface area contributed by atoms with Crippen molar-refractivity contribution in [2.45, 2.75) is 25.7 Å². The molecule has 0 heterocycles. The van der Waals surface area contributed by atoms with Crippen molar-refractivity contribution < 1.29 is 4.79 Å². The summed E-state index contributed by atoms with van der Waals surface area (Å²) in [6.45, 7) is 0.755. The Kier molecular flexibility index (Phi) is 4.05. The number of anilines is 1. The molecule has 1 aromatic carbocycles. The number of nitrogens with two attached hydrogens (primary N) is 1. The molecule has 1 fully saturated rings. The van der Waals surface area contributed by atoms with E-state index in [1.54, 1.807) is 18.2 Å². The molecule has 1 saturated carbocycles. The molecular formula is C13H17BrN2O. The Bertz CT molecular complexity index is 416. The van der Waals surface area contributed by atoms with Gasteiger partial charge in [-0.15, -0.1) is 0 Å². The van der Waals surface area contributed by atoms with Gasteiger partial charge in [-0.05, 0) is 52.9 Å². The highest BCUT2D eigenvalue weighted by atomic mass is 79.9. The van der Waals surface area contributed by atoms with Crippen LogP contribution in [0.25, 0.3) is 0 Å². The first-order valence-electron chi connectivity index (χ1n) is 6.00. The topological polar surface area (TPSA) is 55.1 Å². The van der Waals surface area contributed by atoms with E-state index in [4.69, 9.17) is 5.73 Å². The van der Waals surface area contributed by atoms with Crippen molar-refractivity contribution in [1.29, 1.82) is 0 Å². The van der Waals surface area contributed by atoms with Crippen molar-refractivity contribution in [2.75, 3.05) is 12.3 Å². The van der Waals surface area contributed by atoms with E-state index < -0.39 is 0 Å². The zero-order valence-electron chi connectivity index (χ0n) is 9.71. The van der Waals surface area contributed by atoms with E-state index in [0.29, 0.717) is 11.3 Å². The highest BCUT2D eigenvalue weighted by molar-refractivity contribution is 9.10. The van der Waals surface area contributed by atoms with E-state index in [2.05, 4.69) is 21.2 Å². The smallest absolute Gasteiger partial charge is 0.251 e. The van der Waals surface area contributed by atoms with Gasteiger partial charge in [0.2, 0.25) is 0 Å². The van der Waals surface area contributed by atoms with Gasteiger partial charge in [0, 0.05) is 22.3 Å². The molecule has 0 radical (unpaired) electrons. The van der Waals surface area contributed by atoms with Gasteiger partial charge < -0.3 is 11.1 Å². The average Bonchev–Trinajstić information content (AvgIpc) is 3.12. The Morgan fingerprint density at radius 1 is 1.47 bits per heavy atom. The Labute approximate surface area is 110 Å². The van der Waals surface area contributed by atoms with Crippen molar-refractivity contribution in [2.24, 2.45) is 5.92 Å². The first-order valence-corrected chi connectivity index (χ1v) is 6.79. The molecular weight excluding hydrogens is 280 g/mol. The number of amides is 1. The molecule has 1 amide bonds. The molecule has 3 nitrogen and oxygen atoms in total. The van der Waals surface area contributed by atoms with E-state index in [9.17, 15) is 4.79 Å². The molecule has 4 heteroatoms. The molecule has 0 spiro atoms. The molecule has 92 valence electrons. The molecule has 0 aromatic heterocycles. The van der Waals surface area contributed by atoms with E-state index >= 15 is 0 Å². The number of carbonyl (C=O) groups is 1. The quantitative estimate of drug-likeness (QED) is 0.648. The summed E-state index contributed by atoms with van der Waals surface area (Å²) >= 11 is 3.31. The summed E-state index contributed by atoms with van der Waals surface area (Å²) in [6.07, 6.45) is 5.06. The lowest BCUT2D eigenvalue weighted by atomic mass is 10.2. The summed E-state index contributed by atoms with van der Waals surface area (Å²) in [5.41, 5.74) is 6.95. The number of halogens is 1. The predicted molar refractivity (Wildman–Crippen MR) is 72.8 cm³/mol. The first-order chi connectivity index (χ1) is 8.16. The normalized spacial score (nSPS) is 14.6. The number of hydrogen-bond donors (Lipinski definition) is 2. The van der Waals surface area contributed by atoms with E-state index in [0.717, 1.165) is 23.4 Å². The molecule has 3 N–H and O–H groups in total. The molecule has 0 saturated heterocycles. The van der Waals surface area contributed by atoms with Crippen LogP contribution in [0, 0.1) is 5.92 Å². The van der Waals surface area contributed by atoms with Gasteiger partial charge >= 0.3 is 0 Å². The van der Waals surface area contributed by atoms with Crippen LogP contribution in [0.4, 0.5) is 5.69 Å². The van der Waals surface area contributed by atoms with Crippen LogP contribution in [0.5, 0.6) is 0 Å². The lowest BCUT2D eigenvalue weighted by Gasteiger charge is -2.06. The highest BCUT2D eigenvalue weighted by Crippen LogP contribution is 2.33. The standard InChI is InChI=1S/C13H17BrN2O/c14-11-6-5-10(8-12(11)15)13(17)16-7-1-2-9-3-4-9/h5-6,8-9H,1-4,7,15H2,(H,16,17). The van der Waals surface area contributed by atoms with E-state index in [1.807, 2.05) is 0 Å². The molecule has 1 aliphatic rings. The Balaban J connectivity index is 1.79. The second kappa shape index (κ2) is 5.54. The summed E-state index contributed by atoms with van der Waals surface area (Å²) in [4.78, 5) is 11.8. The molecule has 0 aliphatic heterocycles. The summed E-state index contributed by atoms with van der Waals surface area (Å²) in [5.74, 6) is 0.884. The summed E-state index contributed by atoms with van der Waals surface area (Å²) in [5, 5.41) is 2.92. The van der Waals surface area contributed by atoms with Gasteiger partial charge in [0.1, 0.15) is 0 Å². The average molecular weight is 297 g/mol. The van der Waals surface area contributed by atoms with E-state index in [-0.39, 0.29) is 5.91 Å². The van der Waals surface area contributed by atoms with Gasteiger partial charge in [0.05, 0.1) is 0 Å². The number of nitrogen functional groups attached to an aromatic ring is 1. The van der Waals surface area contributed by atoms with Crippen LogP contribution >= 0.6 is 15.9 Å². The van der Waals surface area contributed by atoms with Crippen LogP contribution in [0.2, 0.25) is 0 Å². The molecule has 0 bridgehead atoms. The fourth-order valence-electron chi connectivity index (χ4n) is 1.79. The fraction of sp³-hybridized carbons (Fsp3) is 0.462. The number of carbonyl (C=O) groups excluding carboxylic acids is 1. The lowest BCUT2D eigenvalue weighted by Crippen LogP contribution is -2.24. The second-order valence-electron chi connectivity index (χ2n) is 4.58. The Morgan fingerprint density at radius 2 is 2.24 bits per heavy atom. The van der Waals surface area contributed by atoms with Gasteiger partial charge in [-0.25, -0.2) is 0 Å². The fourth-order valence-corrected chi connectivity index (χ4v) is 2.03.